The fourth-order valence-electron chi connectivity index (χ4n) is 5.56. The van der Waals surface area contributed by atoms with Crippen LogP contribution in [0.2, 0.25) is 0 Å². The van der Waals surface area contributed by atoms with Gasteiger partial charge in [-0.15, -0.1) is 0 Å². The fourth-order valence-corrected chi connectivity index (χ4v) is 5.56. The molecule has 0 aliphatic carbocycles. The average Bonchev–Trinajstić information content (AvgIpc) is 3.38. The third-order valence-electron chi connectivity index (χ3n) is 7.86. The first-order valence-corrected chi connectivity index (χ1v) is 13.6. The number of aromatic nitrogens is 3. The number of benzene rings is 2. The standard InChI is InChI=1S/C30H31F3N6O4/c1-17-16-37(19(3)20-5-9-22(10-6-20)35-29(41)42)13-14-38(17)28(40)24-15-34-39-26(30(31,32)33)18(2)25(36-27(24)39)21-7-11-23(43-4)12-8-21/h5-12,15,17,19,35H,13-14,16H2,1-4H3,(H,41,42)/t17-,19+/m1/s1. The molecule has 2 atom stereocenters. The topological polar surface area (TPSA) is 112 Å². The lowest BCUT2D eigenvalue weighted by Crippen LogP contribution is -2.54. The molecule has 13 heteroatoms. The van der Waals surface area contributed by atoms with E-state index in [1.807, 2.05) is 26.0 Å². The van der Waals surface area contributed by atoms with E-state index in [0.29, 0.717) is 41.2 Å². The van der Waals surface area contributed by atoms with E-state index in [1.54, 1.807) is 41.3 Å². The van der Waals surface area contributed by atoms with Crippen LogP contribution in [0.25, 0.3) is 16.9 Å². The molecule has 10 nitrogen and oxygen atoms in total. The fraction of sp³-hybridized carbons (Fsp3) is 0.333. The van der Waals surface area contributed by atoms with E-state index in [4.69, 9.17) is 9.84 Å². The summed E-state index contributed by atoms with van der Waals surface area (Å²) in [5.41, 5.74) is 0.752. The Balaban J connectivity index is 1.42. The Morgan fingerprint density at radius 1 is 1.09 bits per heavy atom. The number of hydrogen-bond acceptors (Lipinski definition) is 6. The summed E-state index contributed by atoms with van der Waals surface area (Å²) >= 11 is 0. The van der Waals surface area contributed by atoms with Gasteiger partial charge in [0.15, 0.2) is 11.3 Å². The first-order chi connectivity index (χ1) is 20.4. The van der Waals surface area contributed by atoms with E-state index in [9.17, 15) is 22.8 Å². The number of anilines is 1. The van der Waals surface area contributed by atoms with Crippen molar-refractivity contribution in [2.45, 2.75) is 39.0 Å². The molecule has 1 aliphatic rings. The number of hydrogen-bond donors (Lipinski definition) is 2. The van der Waals surface area contributed by atoms with Crippen LogP contribution >= 0.6 is 0 Å². The molecule has 0 bridgehead atoms. The highest BCUT2D eigenvalue weighted by Gasteiger charge is 2.39. The number of fused-ring (bicyclic) bond motifs is 1. The number of piperazine rings is 1. The minimum atomic E-state index is -4.74. The van der Waals surface area contributed by atoms with Crippen LogP contribution in [0.4, 0.5) is 23.7 Å². The van der Waals surface area contributed by atoms with Gasteiger partial charge in [-0.1, -0.05) is 12.1 Å². The Morgan fingerprint density at radius 3 is 2.35 bits per heavy atom. The summed E-state index contributed by atoms with van der Waals surface area (Å²) in [6, 6.07) is 13.4. The number of carboxylic acid groups (broad SMARTS) is 1. The van der Waals surface area contributed by atoms with Crippen molar-refractivity contribution in [1.29, 1.82) is 0 Å². The summed E-state index contributed by atoms with van der Waals surface area (Å²) in [6.45, 7) is 6.67. The van der Waals surface area contributed by atoms with Gasteiger partial charge in [0.1, 0.15) is 11.3 Å². The lowest BCUT2D eigenvalue weighted by Gasteiger charge is -2.42. The predicted molar refractivity (Wildman–Crippen MR) is 153 cm³/mol. The van der Waals surface area contributed by atoms with Crippen LogP contribution in [0.3, 0.4) is 0 Å². The zero-order valence-corrected chi connectivity index (χ0v) is 24.0. The van der Waals surface area contributed by atoms with Gasteiger partial charge < -0.3 is 14.7 Å². The third-order valence-corrected chi connectivity index (χ3v) is 7.86. The van der Waals surface area contributed by atoms with Gasteiger partial charge in [0.2, 0.25) is 0 Å². The maximum atomic E-state index is 14.3. The SMILES string of the molecule is COc1ccc(-c2nc3c(C(=O)N4CCN([C@@H](C)c5ccc(NC(=O)O)cc5)C[C@H]4C)cnn3c(C(F)(F)F)c2C)cc1. The molecule has 1 fully saturated rings. The summed E-state index contributed by atoms with van der Waals surface area (Å²) in [4.78, 5) is 33.1. The van der Waals surface area contributed by atoms with Gasteiger partial charge >= 0.3 is 12.3 Å². The van der Waals surface area contributed by atoms with Crippen LogP contribution in [-0.2, 0) is 6.18 Å². The molecule has 1 aliphatic heterocycles. The number of methoxy groups -OCH3 is 1. The van der Waals surface area contributed by atoms with Gasteiger partial charge in [-0.2, -0.15) is 18.3 Å². The lowest BCUT2D eigenvalue weighted by atomic mass is 10.0. The van der Waals surface area contributed by atoms with Crippen LogP contribution in [0.5, 0.6) is 5.75 Å². The Kier molecular flexibility index (Phi) is 8.02. The quantitative estimate of drug-likeness (QED) is 0.292. The summed E-state index contributed by atoms with van der Waals surface area (Å²) in [5, 5.41) is 15.2. The van der Waals surface area contributed by atoms with Crippen molar-refractivity contribution in [3.8, 4) is 17.0 Å². The smallest absolute Gasteiger partial charge is 0.433 e. The monoisotopic (exact) mass is 596 g/mol. The first kappa shape index (κ1) is 29.8. The first-order valence-electron chi connectivity index (χ1n) is 13.6. The summed E-state index contributed by atoms with van der Waals surface area (Å²) in [5.74, 6) is 0.109. The highest BCUT2D eigenvalue weighted by Crippen LogP contribution is 2.37. The zero-order chi connectivity index (χ0) is 31.1. The molecule has 5 rings (SSSR count). The molecule has 2 amide bonds. The number of rotatable bonds is 6. The zero-order valence-electron chi connectivity index (χ0n) is 24.0. The molecule has 43 heavy (non-hydrogen) atoms. The number of alkyl halides is 3. The second kappa shape index (κ2) is 11.6. The molecule has 2 N–H and O–H groups in total. The number of halogens is 3. The van der Waals surface area contributed by atoms with Crippen LogP contribution in [0.1, 0.15) is 47.1 Å². The van der Waals surface area contributed by atoms with Crippen LogP contribution in [-0.4, -0.2) is 74.3 Å². The van der Waals surface area contributed by atoms with Gasteiger partial charge in [0.05, 0.1) is 19.0 Å². The molecule has 0 saturated carbocycles. The predicted octanol–water partition coefficient (Wildman–Crippen LogP) is 5.73. The minimum Gasteiger partial charge on any atom is -0.497 e. The molecule has 4 aromatic rings. The van der Waals surface area contributed by atoms with E-state index < -0.39 is 23.9 Å². The molecular weight excluding hydrogens is 565 g/mol. The van der Waals surface area contributed by atoms with Gasteiger partial charge in [-0.3, -0.25) is 15.0 Å². The molecule has 0 radical (unpaired) electrons. The van der Waals surface area contributed by atoms with Gasteiger partial charge in [0.25, 0.3) is 5.91 Å². The second-order valence-corrected chi connectivity index (χ2v) is 10.5. The summed E-state index contributed by atoms with van der Waals surface area (Å²) in [7, 11) is 1.50. The highest BCUT2D eigenvalue weighted by atomic mass is 19.4. The maximum absolute atomic E-state index is 14.3. The molecule has 226 valence electrons. The average molecular weight is 597 g/mol. The minimum absolute atomic E-state index is 0.00451. The lowest BCUT2D eigenvalue weighted by molar-refractivity contribution is -0.143. The molecule has 0 spiro atoms. The van der Waals surface area contributed by atoms with Crippen LogP contribution in [0.15, 0.2) is 54.7 Å². The maximum Gasteiger partial charge on any atom is 0.433 e. The highest BCUT2D eigenvalue weighted by molar-refractivity contribution is 6.00. The van der Waals surface area contributed by atoms with Gasteiger partial charge in [0, 0.05) is 48.5 Å². The molecule has 3 heterocycles. The summed E-state index contributed by atoms with van der Waals surface area (Å²) < 4.78 is 48.8. The second-order valence-electron chi connectivity index (χ2n) is 10.5. The van der Waals surface area contributed by atoms with E-state index in [1.165, 1.54) is 14.0 Å². The van der Waals surface area contributed by atoms with E-state index in [-0.39, 0.29) is 34.6 Å². The summed E-state index contributed by atoms with van der Waals surface area (Å²) in [6.07, 6.45) is -4.72. The number of nitrogens with one attached hydrogen (secondary N) is 1. The van der Waals surface area contributed by atoms with Crippen molar-refractivity contribution in [2.75, 3.05) is 32.1 Å². The molecule has 2 aromatic heterocycles. The number of carbonyl (C=O) groups is 2. The van der Waals surface area contributed by atoms with Crippen molar-refractivity contribution < 1.29 is 32.6 Å². The number of amides is 2. The van der Waals surface area contributed by atoms with Crippen molar-refractivity contribution >= 4 is 23.3 Å². The Morgan fingerprint density at radius 2 is 1.77 bits per heavy atom. The largest absolute Gasteiger partial charge is 0.497 e. The van der Waals surface area contributed by atoms with E-state index >= 15 is 0 Å². The van der Waals surface area contributed by atoms with Crippen molar-refractivity contribution in [2.24, 2.45) is 0 Å². The Labute approximate surface area is 245 Å². The van der Waals surface area contributed by atoms with E-state index in [0.717, 1.165) is 11.8 Å². The number of carbonyl (C=O) groups excluding carboxylic acids is 1. The third kappa shape index (κ3) is 5.85. The van der Waals surface area contributed by atoms with Crippen molar-refractivity contribution in [3.63, 3.8) is 0 Å². The van der Waals surface area contributed by atoms with Crippen molar-refractivity contribution in [3.05, 3.63) is 77.1 Å². The van der Waals surface area contributed by atoms with Gasteiger partial charge in [-0.05, 0) is 62.7 Å². The van der Waals surface area contributed by atoms with Crippen molar-refractivity contribution in [1.82, 2.24) is 24.4 Å². The normalized spacial score (nSPS) is 16.7. The molecule has 2 aromatic carbocycles. The van der Waals surface area contributed by atoms with E-state index in [2.05, 4.69) is 20.3 Å². The Bertz CT molecular complexity index is 1650. The number of ether oxygens (including phenoxy) is 1. The van der Waals surface area contributed by atoms with Crippen LogP contribution in [0, 0.1) is 6.92 Å². The molecule has 0 unspecified atom stereocenters. The number of nitrogens with zero attached hydrogens (tertiary/aromatic N) is 5. The van der Waals surface area contributed by atoms with Gasteiger partial charge in [-0.25, -0.2) is 14.3 Å². The van der Waals surface area contributed by atoms with Crippen LogP contribution < -0.4 is 10.1 Å². The Hall–Kier alpha value is -4.65. The molecular formula is C30H31F3N6O4. The molecule has 1 saturated heterocycles.